The molecular formula is C24H25Cl2N3O5. The Labute approximate surface area is 206 Å². The molecule has 1 fully saturated rings. The minimum absolute atomic E-state index is 0.356. The first-order valence-corrected chi connectivity index (χ1v) is 11.7. The Balaban J connectivity index is 1.52. The lowest BCUT2D eigenvalue weighted by molar-refractivity contribution is -0.224. The number of hydrogen-bond acceptors (Lipinski definition) is 7. The fourth-order valence-electron chi connectivity index (χ4n) is 4.46. The number of ether oxygens (including phenoxy) is 3. The molecule has 2 unspecified atom stereocenters. The summed E-state index contributed by atoms with van der Waals surface area (Å²) in [5.41, 5.74) is 2.64. The van der Waals surface area contributed by atoms with Gasteiger partial charge in [0.05, 0.1) is 28.2 Å². The number of nitrogens with zero attached hydrogens (tertiary/aromatic N) is 2. The third kappa shape index (κ3) is 4.15. The molecule has 0 saturated carbocycles. The van der Waals surface area contributed by atoms with Crippen LogP contribution in [0.1, 0.15) is 11.1 Å². The SMILES string of the molecule is CNCC1O[C@@H]2OC(c3cn(Cc4ccc(Cl)c(Cl)c4)c4cc(OC)ccc34)=N[C@@H]2C(O)[C@@H]1O. The summed E-state index contributed by atoms with van der Waals surface area (Å²) in [6.07, 6.45) is -1.61. The van der Waals surface area contributed by atoms with Gasteiger partial charge in [-0.2, -0.15) is 0 Å². The van der Waals surface area contributed by atoms with E-state index in [-0.39, 0.29) is 0 Å². The van der Waals surface area contributed by atoms with E-state index in [1.165, 1.54) is 0 Å². The fourth-order valence-corrected chi connectivity index (χ4v) is 4.79. The third-order valence-corrected chi connectivity index (χ3v) is 6.96. The van der Waals surface area contributed by atoms with Gasteiger partial charge in [0.1, 0.15) is 30.1 Å². The number of benzene rings is 2. The van der Waals surface area contributed by atoms with Crippen LogP contribution in [0.15, 0.2) is 47.6 Å². The molecule has 0 aliphatic carbocycles. The van der Waals surface area contributed by atoms with Crippen molar-refractivity contribution in [3.63, 3.8) is 0 Å². The van der Waals surface area contributed by atoms with Gasteiger partial charge in [0.25, 0.3) is 0 Å². The van der Waals surface area contributed by atoms with Crippen LogP contribution in [0.4, 0.5) is 0 Å². The minimum Gasteiger partial charge on any atom is -0.497 e. The van der Waals surface area contributed by atoms with Crippen molar-refractivity contribution in [2.45, 2.75) is 37.2 Å². The summed E-state index contributed by atoms with van der Waals surface area (Å²) >= 11 is 12.3. The molecule has 0 radical (unpaired) electrons. The Bertz CT molecular complexity index is 1250. The normalized spacial score (nSPS) is 26.3. The number of likely N-dealkylation sites (N-methyl/N-ethyl adjacent to an activating group) is 1. The highest BCUT2D eigenvalue weighted by atomic mass is 35.5. The van der Waals surface area contributed by atoms with Crippen LogP contribution in [0.3, 0.4) is 0 Å². The molecule has 0 bridgehead atoms. The Morgan fingerprint density at radius 3 is 2.68 bits per heavy atom. The molecule has 5 rings (SSSR count). The fraction of sp³-hybridized carbons (Fsp3) is 0.375. The molecule has 0 amide bonds. The van der Waals surface area contributed by atoms with E-state index >= 15 is 0 Å². The summed E-state index contributed by atoms with van der Waals surface area (Å²) in [5, 5.41) is 25.9. The highest BCUT2D eigenvalue weighted by Crippen LogP contribution is 2.34. The summed E-state index contributed by atoms with van der Waals surface area (Å²) < 4.78 is 19.4. The van der Waals surface area contributed by atoms with Crippen molar-refractivity contribution in [2.24, 2.45) is 4.99 Å². The lowest BCUT2D eigenvalue weighted by Gasteiger charge is -2.37. The maximum absolute atomic E-state index is 10.6. The van der Waals surface area contributed by atoms with Crippen molar-refractivity contribution in [1.82, 2.24) is 9.88 Å². The quantitative estimate of drug-likeness (QED) is 0.476. The molecular weight excluding hydrogens is 481 g/mol. The van der Waals surface area contributed by atoms with E-state index in [1.807, 2.05) is 36.5 Å². The van der Waals surface area contributed by atoms with Crippen molar-refractivity contribution in [3.05, 3.63) is 63.8 Å². The van der Waals surface area contributed by atoms with Gasteiger partial charge in [-0.1, -0.05) is 29.3 Å². The number of nitrogens with one attached hydrogen (secondary N) is 1. The van der Waals surface area contributed by atoms with E-state index in [0.717, 1.165) is 22.0 Å². The molecule has 10 heteroatoms. The maximum atomic E-state index is 10.6. The highest BCUT2D eigenvalue weighted by molar-refractivity contribution is 6.42. The molecule has 8 nitrogen and oxygen atoms in total. The molecule has 2 aliphatic rings. The summed E-state index contributed by atoms with van der Waals surface area (Å²) in [7, 11) is 3.37. The first kappa shape index (κ1) is 23.4. The lowest BCUT2D eigenvalue weighted by atomic mass is 9.97. The van der Waals surface area contributed by atoms with E-state index in [2.05, 4.69) is 14.9 Å². The second-order valence-electron chi connectivity index (χ2n) is 8.43. The predicted molar refractivity (Wildman–Crippen MR) is 130 cm³/mol. The number of aliphatic hydroxyl groups is 2. The summed E-state index contributed by atoms with van der Waals surface area (Å²) in [6.45, 7) is 0.908. The Hall–Kier alpha value is -2.33. The van der Waals surface area contributed by atoms with Crippen LogP contribution in [-0.4, -0.2) is 72.0 Å². The molecule has 3 heterocycles. The predicted octanol–water partition coefficient (Wildman–Crippen LogP) is 2.82. The standard InChI is InChI=1S/C24H25Cl2N3O5/c1-27-9-19-21(30)22(31)20-24(33-19)34-23(28-20)15-11-29(10-12-3-6-16(25)17(26)7-12)18-8-13(32-2)4-5-14(15)18/h3-8,11,19-22,24,27,30-31H,9-10H2,1-2H3/t19?,20-,21-,22?,24-/m1/s1. The third-order valence-electron chi connectivity index (χ3n) is 6.22. The average Bonchev–Trinajstić information content (AvgIpc) is 3.41. The van der Waals surface area contributed by atoms with Crippen LogP contribution in [0.5, 0.6) is 5.75 Å². The lowest BCUT2D eigenvalue weighted by Crippen LogP contribution is -2.58. The van der Waals surface area contributed by atoms with Gasteiger partial charge in [-0.25, -0.2) is 4.99 Å². The first-order chi connectivity index (χ1) is 16.4. The number of methoxy groups -OCH3 is 1. The van der Waals surface area contributed by atoms with Crippen molar-refractivity contribution >= 4 is 40.0 Å². The van der Waals surface area contributed by atoms with Crippen molar-refractivity contribution in [2.75, 3.05) is 20.7 Å². The van der Waals surface area contributed by atoms with Gasteiger partial charge < -0.3 is 34.3 Å². The number of aliphatic hydroxyl groups excluding tert-OH is 2. The molecule has 3 aromatic rings. The van der Waals surface area contributed by atoms with Crippen LogP contribution in [-0.2, 0) is 16.0 Å². The Morgan fingerprint density at radius 2 is 1.94 bits per heavy atom. The molecule has 0 spiro atoms. The number of hydrogen-bond donors (Lipinski definition) is 3. The highest BCUT2D eigenvalue weighted by Gasteiger charge is 2.49. The average molecular weight is 506 g/mol. The number of halogens is 2. The summed E-state index contributed by atoms with van der Waals surface area (Å²) in [4.78, 5) is 4.60. The van der Waals surface area contributed by atoms with Crippen LogP contribution in [0.2, 0.25) is 10.0 Å². The zero-order chi connectivity index (χ0) is 24.0. The second-order valence-corrected chi connectivity index (χ2v) is 9.24. The van der Waals surface area contributed by atoms with E-state index in [1.54, 1.807) is 20.2 Å². The van der Waals surface area contributed by atoms with Gasteiger partial charge in [0, 0.05) is 30.7 Å². The van der Waals surface area contributed by atoms with Gasteiger partial charge in [-0.05, 0) is 36.9 Å². The summed E-state index contributed by atoms with van der Waals surface area (Å²) in [5.74, 6) is 1.07. The zero-order valence-corrected chi connectivity index (χ0v) is 20.1. The molecule has 2 aliphatic heterocycles. The van der Waals surface area contributed by atoms with Crippen molar-refractivity contribution < 1.29 is 24.4 Å². The number of aliphatic imine (C=N–C) groups is 1. The van der Waals surface area contributed by atoms with E-state index in [4.69, 9.17) is 37.4 Å². The van der Waals surface area contributed by atoms with Crippen LogP contribution in [0, 0.1) is 0 Å². The van der Waals surface area contributed by atoms with E-state index in [0.29, 0.717) is 34.8 Å². The largest absolute Gasteiger partial charge is 0.497 e. The Morgan fingerprint density at radius 1 is 1.12 bits per heavy atom. The van der Waals surface area contributed by atoms with E-state index < -0.39 is 30.6 Å². The minimum atomic E-state index is -1.10. The zero-order valence-electron chi connectivity index (χ0n) is 18.6. The first-order valence-electron chi connectivity index (χ1n) is 10.9. The summed E-state index contributed by atoms with van der Waals surface area (Å²) in [6, 6.07) is 10.6. The molecule has 34 heavy (non-hydrogen) atoms. The molecule has 5 atom stereocenters. The molecule has 180 valence electrons. The van der Waals surface area contributed by atoms with Crippen LogP contribution in [0.25, 0.3) is 10.9 Å². The number of rotatable bonds is 6. The maximum Gasteiger partial charge on any atom is 0.227 e. The number of fused-ring (bicyclic) bond motifs is 2. The van der Waals surface area contributed by atoms with Gasteiger partial charge in [0.2, 0.25) is 12.2 Å². The molecule has 2 aromatic carbocycles. The van der Waals surface area contributed by atoms with Crippen molar-refractivity contribution in [3.8, 4) is 5.75 Å². The molecule has 1 saturated heterocycles. The van der Waals surface area contributed by atoms with Crippen LogP contribution < -0.4 is 10.1 Å². The smallest absolute Gasteiger partial charge is 0.227 e. The topological polar surface area (TPSA) is 97.5 Å². The number of aromatic nitrogens is 1. The van der Waals surface area contributed by atoms with Gasteiger partial charge in [0.15, 0.2) is 0 Å². The molecule has 1 aromatic heterocycles. The second kappa shape index (κ2) is 9.37. The van der Waals surface area contributed by atoms with E-state index in [9.17, 15) is 10.2 Å². The van der Waals surface area contributed by atoms with Gasteiger partial charge in [-0.3, -0.25) is 0 Å². The van der Waals surface area contributed by atoms with Crippen LogP contribution >= 0.6 is 23.2 Å². The van der Waals surface area contributed by atoms with Gasteiger partial charge in [-0.15, -0.1) is 0 Å². The monoisotopic (exact) mass is 505 g/mol. The van der Waals surface area contributed by atoms with Crippen molar-refractivity contribution in [1.29, 1.82) is 0 Å². The Kier molecular flexibility index (Phi) is 6.45. The van der Waals surface area contributed by atoms with Gasteiger partial charge >= 0.3 is 0 Å². The molecule has 3 N–H and O–H groups in total.